The second-order valence-electron chi connectivity index (χ2n) is 4.90. The highest BCUT2D eigenvalue weighted by atomic mass is 32.2. The molecule has 0 aromatic heterocycles. The van der Waals surface area contributed by atoms with Crippen molar-refractivity contribution in [3.05, 3.63) is 35.9 Å². The second-order valence-corrected chi connectivity index (χ2v) is 6.46. The van der Waals surface area contributed by atoms with E-state index in [0.717, 1.165) is 5.56 Å². The number of benzene rings is 1. The van der Waals surface area contributed by atoms with Gasteiger partial charge in [0.25, 0.3) is 0 Å². The van der Waals surface area contributed by atoms with Gasteiger partial charge in [0.1, 0.15) is 0 Å². The van der Waals surface area contributed by atoms with Crippen molar-refractivity contribution in [1.29, 1.82) is 0 Å². The molecule has 0 fully saturated rings. The van der Waals surface area contributed by atoms with Gasteiger partial charge in [0, 0.05) is 11.7 Å². The normalized spacial score (nSPS) is 21.9. The molecular weight excluding hydrogens is 278 g/mol. The van der Waals surface area contributed by atoms with E-state index in [-0.39, 0.29) is 22.8 Å². The molecule has 1 aromatic rings. The average molecular weight is 295 g/mol. The SMILES string of the molecule is Cc1ccc(S(N)(=O)=O)cc1NC(=O)C1C=CC(N)C1. The highest BCUT2D eigenvalue weighted by Crippen LogP contribution is 2.23. The number of nitrogens with one attached hydrogen (secondary N) is 1. The van der Waals surface area contributed by atoms with Crippen LogP contribution < -0.4 is 16.2 Å². The molecule has 0 aliphatic heterocycles. The molecule has 6 nitrogen and oxygen atoms in total. The Morgan fingerprint density at radius 2 is 2.05 bits per heavy atom. The number of nitrogens with two attached hydrogens (primary N) is 2. The van der Waals surface area contributed by atoms with Gasteiger partial charge in [0.2, 0.25) is 15.9 Å². The number of primary sulfonamides is 1. The largest absolute Gasteiger partial charge is 0.325 e. The zero-order valence-corrected chi connectivity index (χ0v) is 11.9. The van der Waals surface area contributed by atoms with E-state index >= 15 is 0 Å². The molecule has 0 bridgehead atoms. The number of rotatable bonds is 3. The molecule has 7 heteroatoms. The molecule has 0 heterocycles. The Balaban J connectivity index is 2.21. The maximum atomic E-state index is 12.1. The van der Waals surface area contributed by atoms with Crippen LogP contribution >= 0.6 is 0 Å². The smallest absolute Gasteiger partial charge is 0.238 e. The lowest BCUT2D eigenvalue weighted by atomic mass is 10.1. The van der Waals surface area contributed by atoms with E-state index in [1.54, 1.807) is 25.1 Å². The minimum Gasteiger partial charge on any atom is -0.325 e. The first kappa shape index (κ1) is 14.7. The summed E-state index contributed by atoms with van der Waals surface area (Å²) in [5.74, 6) is -0.494. The molecule has 1 aliphatic rings. The summed E-state index contributed by atoms with van der Waals surface area (Å²) in [6.45, 7) is 1.78. The summed E-state index contributed by atoms with van der Waals surface area (Å²) < 4.78 is 22.6. The standard InChI is InChI=1S/C13H17N3O3S/c1-8-2-5-11(20(15,18)19)7-12(8)16-13(17)9-3-4-10(14)6-9/h2-5,7,9-10H,6,14H2,1H3,(H,16,17)(H2,15,18,19). The molecule has 0 spiro atoms. The molecule has 0 saturated carbocycles. The minimum atomic E-state index is -3.79. The molecule has 5 N–H and O–H groups in total. The van der Waals surface area contributed by atoms with Crippen molar-refractivity contribution < 1.29 is 13.2 Å². The molecule has 1 amide bonds. The maximum Gasteiger partial charge on any atom is 0.238 e. The Morgan fingerprint density at radius 3 is 2.60 bits per heavy atom. The van der Waals surface area contributed by atoms with Crippen LogP contribution in [0.25, 0.3) is 0 Å². The van der Waals surface area contributed by atoms with E-state index in [2.05, 4.69) is 5.32 Å². The lowest BCUT2D eigenvalue weighted by Crippen LogP contribution is -2.24. The molecule has 1 aliphatic carbocycles. The van der Waals surface area contributed by atoms with Gasteiger partial charge in [-0.25, -0.2) is 13.6 Å². The van der Waals surface area contributed by atoms with Gasteiger partial charge in [-0.15, -0.1) is 0 Å². The van der Waals surface area contributed by atoms with Gasteiger partial charge in [-0.1, -0.05) is 18.2 Å². The van der Waals surface area contributed by atoms with E-state index < -0.39 is 10.0 Å². The lowest BCUT2D eigenvalue weighted by Gasteiger charge is -2.13. The van der Waals surface area contributed by atoms with Crippen LogP contribution in [-0.2, 0) is 14.8 Å². The number of carbonyl (C=O) groups excluding carboxylic acids is 1. The summed E-state index contributed by atoms with van der Waals surface area (Å²) in [6.07, 6.45) is 4.11. The Hall–Kier alpha value is -1.70. The van der Waals surface area contributed by atoms with Gasteiger partial charge in [-0.3, -0.25) is 4.79 Å². The van der Waals surface area contributed by atoms with Crippen LogP contribution in [0, 0.1) is 12.8 Å². The fourth-order valence-corrected chi connectivity index (χ4v) is 2.60. The summed E-state index contributed by atoms with van der Waals surface area (Å²) >= 11 is 0. The van der Waals surface area contributed by atoms with Gasteiger partial charge in [0.15, 0.2) is 0 Å². The van der Waals surface area contributed by atoms with Crippen molar-refractivity contribution in [2.45, 2.75) is 24.3 Å². The molecular formula is C13H17N3O3S. The third-order valence-electron chi connectivity index (χ3n) is 3.25. The van der Waals surface area contributed by atoms with Gasteiger partial charge in [-0.2, -0.15) is 0 Å². The lowest BCUT2D eigenvalue weighted by molar-refractivity contribution is -0.118. The average Bonchev–Trinajstić information content (AvgIpc) is 2.77. The third kappa shape index (κ3) is 3.24. The predicted octanol–water partition coefficient (Wildman–Crippen LogP) is 0.484. The number of hydrogen-bond acceptors (Lipinski definition) is 4. The van der Waals surface area contributed by atoms with E-state index in [0.29, 0.717) is 12.1 Å². The van der Waals surface area contributed by atoms with E-state index in [1.807, 2.05) is 0 Å². The Labute approximate surface area is 117 Å². The van der Waals surface area contributed by atoms with Crippen LogP contribution in [0.3, 0.4) is 0 Å². The first-order valence-electron chi connectivity index (χ1n) is 6.15. The quantitative estimate of drug-likeness (QED) is 0.703. The van der Waals surface area contributed by atoms with Gasteiger partial charge >= 0.3 is 0 Å². The Kier molecular flexibility index (Phi) is 3.94. The van der Waals surface area contributed by atoms with E-state index in [9.17, 15) is 13.2 Å². The highest BCUT2D eigenvalue weighted by molar-refractivity contribution is 7.89. The van der Waals surface area contributed by atoms with Crippen molar-refractivity contribution in [2.24, 2.45) is 16.8 Å². The van der Waals surface area contributed by atoms with Gasteiger partial charge < -0.3 is 11.1 Å². The molecule has 20 heavy (non-hydrogen) atoms. The van der Waals surface area contributed by atoms with Crippen LogP contribution in [0.4, 0.5) is 5.69 Å². The summed E-state index contributed by atoms with van der Waals surface area (Å²) in [5.41, 5.74) is 6.91. The van der Waals surface area contributed by atoms with Crippen LogP contribution in [0.5, 0.6) is 0 Å². The predicted molar refractivity (Wildman–Crippen MR) is 76.4 cm³/mol. The van der Waals surface area contributed by atoms with Gasteiger partial charge in [-0.05, 0) is 31.0 Å². The zero-order valence-electron chi connectivity index (χ0n) is 11.0. The van der Waals surface area contributed by atoms with Crippen molar-refractivity contribution in [3.63, 3.8) is 0 Å². The Bertz CT molecular complexity index is 667. The summed E-state index contributed by atoms with van der Waals surface area (Å²) in [4.78, 5) is 12.0. The zero-order chi connectivity index (χ0) is 14.9. The van der Waals surface area contributed by atoms with Crippen LogP contribution in [0.1, 0.15) is 12.0 Å². The second kappa shape index (κ2) is 5.35. The highest BCUT2D eigenvalue weighted by Gasteiger charge is 2.23. The molecule has 1 aromatic carbocycles. The fraction of sp³-hybridized carbons (Fsp3) is 0.308. The molecule has 2 atom stereocenters. The first-order chi connectivity index (χ1) is 9.27. The summed E-state index contributed by atoms with van der Waals surface area (Å²) in [6, 6.07) is 4.26. The van der Waals surface area contributed by atoms with E-state index in [1.165, 1.54) is 12.1 Å². The summed E-state index contributed by atoms with van der Waals surface area (Å²) in [5, 5.41) is 7.80. The van der Waals surface area contributed by atoms with Gasteiger partial charge in [0.05, 0.1) is 10.8 Å². The fourth-order valence-electron chi connectivity index (χ4n) is 2.06. The molecule has 2 rings (SSSR count). The van der Waals surface area contributed by atoms with Crippen molar-refractivity contribution in [2.75, 3.05) is 5.32 Å². The number of sulfonamides is 1. The van der Waals surface area contributed by atoms with Crippen molar-refractivity contribution in [3.8, 4) is 0 Å². The van der Waals surface area contributed by atoms with Crippen LogP contribution in [-0.4, -0.2) is 20.4 Å². The third-order valence-corrected chi connectivity index (χ3v) is 4.16. The molecule has 0 radical (unpaired) electrons. The number of aryl methyl sites for hydroxylation is 1. The number of anilines is 1. The van der Waals surface area contributed by atoms with Crippen molar-refractivity contribution in [1.82, 2.24) is 0 Å². The summed E-state index contributed by atoms with van der Waals surface area (Å²) in [7, 11) is -3.79. The van der Waals surface area contributed by atoms with E-state index in [4.69, 9.17) is 10.9 Å². The topological polar surface area (TPSA) is 115 Å². The molecule has 108 valence electrons. The van der Waals surface area contributed by atoms with Crippen LogP contribution in [0.15, 0.2) is 35.2 Å². The number of carbonyl (C=O) groups is 1. The minimum absolute atomic E-state index is 0.0305. The molecule has 2 unspecified atom stereocenters. The Morgan fingerprint density at radius 1 is 1.35 bits per heavy atom. The number of amides is 1. The maximum absolute atomic E-state index is 12.1. The number of hydrogen-bond donors (Lipinski definition) is 3. The first-order valence-corrected chi connectivity index (χ1v) is 7.70. The van der Waals surface area contributed by atoms with Crippen LogP contribution in [0.2, 0.25) is 0 Å². The monoisotopic (exact) mass is 295 g/mol. The molecule has 0 saturated heterocycles. The van der Waals surface area contributed by atoms with Crippen molar-refractivity contribution >= 4 is 21.6 Å².